The van der Waals surface area contributed by atoms with E-state index in [4.69, 9.17) is 0 Å². The van der Waals surface area contributed by atoms with Crippen LogP contribution in [0.3, 0.4) is 0 Å². The highest BCUT2D eigenvalue weighted by Crippen LogP contribution is 2.37. The van der Waals surface area contributed by atoms with E-state index in [0.29, 0.717) is 0 Å². The second-order valence-corrected chi connectivity index (χ2v) is 5.42. The Morgan fingerprint density at radius 1 is 1.22 bits per heavy atom. The van der Waals surface area contributed by atoms with E-state index in [1.54, 1.807) is 0 Å². The van der Waals surface area contributed by atoms with Crippen LogP contribution in [0.1, 0.15) is 43.8 Å². The van der Waals surface area contributed by atoms with Gasteiger partial charge in [0, 0.05) is 5.41 Å². The summed E-state index contributed by atoms with van der Waals surface area (Å²) in [7, 11) is 0. The lowest BCUT2D eigenvalue weighted by Crippen LogP contribution is -2.35. The molecule has 0 radical (unpaired) electrons. The number of hydrogen-bond donors (Lipinski definition) is 0. The topological polar surface area (TPSA) is 47.8 Å². The lowest BCUT2D eigenvalue weighted by molar-refractivity contribution is 0.0637. The fourth-order valence-corrected chi connectivity index (χ4v) is 2.82. The molecule has 0 unspecified atom stereocenters. The van der Waals surface area contributed by atoms with Crippen molar-refractivity contribution in [1.29, 1.82) is 0 Å². The van der Waals surface area contributed by atoms with E-state index < -0.39 is 0 Å². The Morgan fingerprint density at radius 3 is 2.72 bits per heavy atom. The van der Waals surface area contributed by atoms with Crippen molar-refractivity contribution in [3.8, 4) is 0 Å². The maximum Gasteiger partial charge on any atom is 0.254 e. The number of nitrogens with zero attached hydrogens (tertiary/aromatic N) is 3. The van der Waals surface area contributed by atoms with Crippen molar-refractivity contribution in [3.63, 3.8) is 0 Å². The van der Waals surface area contributed by atoms with Crippen LogP contribution in [0.15, 0.2) is 24.3 Å². The average molecular weight is 243 g/mol. The summed E-state index contributed by atoms with van der Waals surface area (Å²) < 4.78 is 1.49. The largest absolute Gasteiger partial charge is 0.272 e. The van der Waals surface area contributed by atoms with Crippen molar-refractivity contribution in [2.24, 2.45) is 5.41 Å². The maximum atomic E-state index is 12.7. The highest BCUT2D eigenvalue weighted by Gasteiger charge is 2.36. The molecule has 1 aromatic carbocycles. The number of carbonyl (C=O) groups excluding carboxylic acids is 1. The first-order valence-corrected chi connectivity index (χ1v) is 6.56. The minimum absolute atomic E-state index is 0.0934. The Morgan fingerprint density at radius 2 is 1.94 bits per heavy atom. The Labute approximate surface area is 106 Å². The lowest BCUT2D eigenvalue weighted by atomic mass is 9.75. The molecule has 0 N–H and O–H groups in total. The third kappa shape index (κ3) is 1.72. The molecule has 1 heterocycles. The average Bonchev–Trinajstić information content (AvgIpc) is 2.82. The molecule has 0 saturated heterocycles. The van der Waals surface area contributed by atoms with Crippen LogP contribution in [0, 0.1) is 5.41 Å². The van der Waals surface area contributed by atoms with Crippen molar-refractivity contribution in [2.75, 3.05) is 0 Å². The van der Waals surface area contributed by atoms with Crippen LogP contribution in [0.2, 0.25) is 0 Å². The predicted octanol–water partition coefficient (Wildman–Crippen LogP) is 3.04. The van der Waals surface area contributed by atoms with Crippen molar-refractivity contribution in [2.45, 2.75) is 39.0 Å². The fourth-order valence-electron chi connectivity index (χ4n) is 2.82. The summed E-state index contributed by atoms with van der Waals surface area (Å²) >= 11 is 0. The third-order valence-electron chi connectivity index (χ3n) is 4.02. The number of hydrogen-bond acceptors (Lipinski definition) is 3. The summed E-state index contributed by atoms with van der Waals surface area (Å²) in [4.78, 5) is 12.7. The van der Waals surface area contributed by atoms with E-state index in [1.807, 2.05) is 24.3 Å². The van der Waals surface area contributed by atoms with Crippen molar-refractivity contribution in [3.05, 3.63) is 24.3 Å². The molecule has 1 aliphatic rings. The summed E-state index contributed by atoms with van der Waals surface area (Å²) in [6.45, 7) is 2.06. The number of benzene rings is 1. The zero-order chi connectivity index (χ0) is 12.6. The minimum Gasteiger partial charge on any atom is -0.272 e. The molecule has 2 aromatic rings. The van der Waals surface area contributed by atoms with Gasteiger partial charge in [-0.15, -0.1) is 5.10 Å². The second-order valence-electron chi connectivity index (χ2n) is 5.42. The van der Waals surface area contributed by atoms with Gasteiger partial charge in [-0.2, -0.15) is 4.68 Å². The molecule has 0 amide bonds. The van der Waals surface area contributed by atoms with Crippen molar-refractivity contribution < 1.29 is 4.79 Å². The van der Waals surface area contributed by atoms with Crippen LogP contribution in [-0.2, 0) is 0 Å². The predicted molar refractivity (Wildman–Crippen MR) is 69.3 cm³/mol. The molecule has 1 fully saturated rings. The lowest BCUT2D eigenvalue weighted by Gasteiger charge is -2.31. The summed E-state index contributed by atoms with van der Waals surface area (Å²) in [5.74, 6) is 0.0934. The molecule has 0 bridgehead atoms. The van der Waals surface area contributed by atoms with Gasteiger partial charge in [0.15, 0.2) is 0 Å². The summed E-state index contributed by atoms with van der Waals surface area (Å²) in [6, 6.07) is 7.61. The molecule has 1 aromatic heterocycles. The molecule has 0 aliphatic heterocycles. The molecule has 18 heavy (non-hydrogen) atoms. The standard InChI is InChI=1S/C14H17N3O/c1-14(9-5-2-6-10-14)13(18)17-12-8-4-3-7-11(12)15-16-17/h3-4,7-8H,2,5-6,9-10H2,1H3. The van der Waals surface area contributed by atoms with E-state index in [0.717, 1.165) is 36.7 Å². The highest BCUT2D eigenvalue weighted by atomic mass is 16.2. The molecule has 0 atom stereocenters. The van der Waals surface area contributed by atoms with E-state index >= 15 is 0 Å². The monoisotopic (exact) mass is 243 g/mol. The van der Waals surface area contributed by atoms with Gasteiger partial charge < -0.3 is 0 Å². The molecular formula is C14H17N3O. The van der Waals surface area contributed by atoms with Crippen LogP contribution < -0.4 is 0 Å². The third-order valence-corrected chi connectivity index (χ3v) is 4.02. The highest BCUT2D eigenvalue weighted by molar-refractivity contribution is 5.92. The van der Waals surface area contributed by atoms with Gasteiger partial charge in [-0.3, -0.25) is 4.79 Å². The van der Waals surface area contributed by atoms with Crippen LogP contribution in [0.5, 0.6) is 0 Å². The Kier molecular flexibility index (Phi) is 2.65. The molecule has 3 rings (SSSR count). The summed E-state index contributed by atoms with van der Waals surface area (Å²) in [6.07, 6.45) is 5.42. The normalized spacial score (nSPS) is 18.9. The van der Waals surface area contributed by atoms with Gasteiger partial charge in [-0.1, -0.05) is 43.5 Å². The van der Waals surface area contributed by atoms with Gasteiger partial charge in [-0.25, -0.2) is 0 Å². The minimum atomic E-state index is -0.269. The van der Waals surface area contributed by atoms with Gasteiger partial charge in [-0.05, 0) is 25.0 Å². The molecule has 0 spiro atoms. The fraction of sp³-hybridized carbons (Fsp3) is 0.500. The number of carbonyl (C=O) groups is 1. The zero-order valence-corrected chi connectivity index (χ0v) is 10.6. The van der Waals surface area contributed by atoms with Crippen LogP contribution in [0.25, 0.3) is 11.0 Å². The first-order valence-electron chi connectivity index (χ1n) is 6.56. The number of fused-ring (bicyclic) bond motifs is 1. The van der Waals surface area contributed by atoms with E-state index in [2.05, 4.69) is 17.2 Å². The van der Waals surface area contributed by atoms with Crippen LogP contribution in [0.4, 0.5) is 0 Å². The van der Waals surface area contributed by atoms with Gasteiger partial charge in [0.25, 0.3) is 5.91 Å². The van der Waals surface area contributed by atoms with Crippen LogP contribution in [-0.4, -0.2) is 20.9 Å². The Hall–Kier alpha value is -1.71. The number of rotatable bonds is 1. The quantitative estimate of drug-likeness (QED) is 0.773. The Balaban J connectivity index is 2.01. The van der Waals surface area contributed by atoms with Gasteiger partial charge >= 0.3 is 0 Å². The molecule has 1 aliphatic carbocycles. The molecule has 4 heteroatoms. The van der Waals surface area contributed by atoms with Crippen molar-refractivity contribution in [1.82, 2.24) is 15.0 Å². The van der Waals surface area contributed by atoms with Gasteiger partial charge in [0.05, 0.1) is 5.52 Å². The molecule has 94 valence electrons. The van der Waals surface area contributed by atoms with Gasteiger partial charge in [0.1, 0.15) is 5.52 Å². The molecule has 1 saturated carbocycles. The van der Waals surface area contributed by atoms with E-state index in [9.17, 15) is 4.79 Å². The van der Waals surface area contributed by atoms with Crippen molar-refractivity contribution >= 4 is 16.9 Å². The summed E-state index contributed by atoms with van der Waals surface area (Å²) in [5.41, 5.74) is 1.33. The van der Waals surface area contributed by atoms with E-state index in [1.165, 1.54) is 11.1 Å². The van der Waals surface area contributed by atoms with E-state index in [-0.39, 0.29) is 11.3 Å². The first-order chi connectivity index (χ1) is 8.71. The number of aromatic nitrogens is 3. The molecule has 4 nitrogen and oxygen atoms in total. The first kappa shape index (κ1) is 11.4. The second kappa shape index (κ2) is 4.19. The smallest absolute Gasteiger partial charge is 0.254 e. The zero-order valence-electron chi connectivity index (χ0n) is 10.6. The SMILES string of the molecule is CC1(C(=O)n2nnc3ccccc32)CCCCC1. The number of para-hydroxylation sites is 1. The van der Waals surface area contributed by atoms with Gasteiger partial charge in [0.2, 0.25) is 0 Å². The van der Waals surface area contributed by atoms with Crippen LogP contribution >= 0.6 is 0 Å². The maximum absolute atomic E-state index is 12.7. The summed E-state index contributed by atoms with van der Waals surface area (Å²) in [5, 5.41) is 8.09. The Bertz CT molecular complexity index is 581. The molecular weight excluding hydrogens is 226 g/mol.